The van der Waals surface area contributed by atoms with Gasteiger partial charge in [0.05, 0.1) is 37.1 Å². The number of imidazole rings is 1. The minimum absolute atomic E-state index is 0.0126. The smallest absolute Gasteiger partial charge is 0.389 e. The summed E-state index contributed by atoms with van der Waals surface area (Å²) in [6, 6.07) is -0.980. The molecule has 2 aromatic rings. The molecule has 0 spiro atoms. The van der Waals surface area contributed by atoms with Gasteiger partial charge in [-0.2, -0.15) is 9.97 Å². The number of halogens is 1. The predicted molar refractivity (Wildman–Crippen MR) is 112 cm³/mol. The van der Waals surface area contributed by atoms with Gasteiger partial charge in [0.15, 0.2) is 11.5 Å². The van der Waals surface area contributed by atoms with Gasteiger partial charge < -0.3 is 30.7 Å². The average Bonchev–Trinajstić information content (AvgIpc) is 3.16. The maximum atomic E-state index is 12.8. The summed E-state index contributed by atoms with van der Waals surface area (Å²) in [5.74, 6) is -4.13. The molecule has 2 aromatic heterocycles. The molecule has 1 aliphatic rings. The van der Waals surface area contributed by atoms with Gasteiger partial charge in [0.1, 0.15) is 11.6 Å². The van der Waals surface area contributed by atoms with Gasteiger partial charge in [0, 0.05) is 0 Å². The monoisotopic (exact) mass is 495 g/mol. The Morgan fingerprint density at radius 1 is 1.28 bits per heavy atom. The van der Waals surface area contributed by atoms with Gasteiger partial charge in [-0.3, -0.25) is 9.05 Å². The highest BCUT2D eigenvalue weighted by atomic mass is 35.5. The zero-order valence-corrected chi connectivity index (χ0v) is 19.6. The van der Waals surface area contributed by atoms with Gasteiger partial charge in [-0.15, -0.1) is 0 Å². The molecular formula is C17H27ClN5O8P. The number of anilines is 1. The van der Waals surface area contributed by atoms with Crippen LogP contribution in [0.2, 0.25) is 5.28 Å². The number of nitrogen functional groups attached to an aromatic ring is 1. The Morgan fingerprint density at radius 3 is 2.44 bits per heavy atom. The van der Waals surface area contributed by atoms with E-state index in [1.165, 1.54) is 31.7 Å². The van der Waals surface area contributed by atoms with E-state index in [9.17, 15) is 25.0 Å². The third kappa shape index (κ3) is 3.91. The molecule has 0 bridgehead atoms. The highest BCUT2D eigenvalue weighted by Crippen LogP contribution is 2.61. The van der Waals surface area contributed by atoms with Crippen LogP contribution in [-0.4, -0.2) is 71.3 Å². The quantitative estimate of drug-likeness (QED) is 0.197. The number of hydrogen-bond donors (Lipinski definition) is 5. The molecule has 5 atom stereocenters. The second-order valence-corrected chi connectivity index (χ2v) is 9.61. The van der Waals surface area contributed by atoms with E-state index in [4.69, 9.17) is 30.9 Å². The number of rotatable bonds is 8. The molecule has 0 aliphatic heterocycles. The molecule has 6 N–H and O–H groups in total. The molecule has 2 heterocycles. The van der Waals surface area contributed by atoms with Crippen LogP contribution in [0.3, 0.4) is 0 Å². The average molecular weight is 496 g/mol. The molecule has 0 amide bonds. The van der Waals surface area contributed by atoms with Crippen LogP contribution < -0.4 is 5.73 Å². The summed E-state index contributed by atoms with van der Waals surface area (Å²) in [6.45, 7) is 5.64. The summed E-state index contributed by atoms with van der Waals surface area (Å²) in [4.78, 5) is 12.1. The van der Waals surface area contributed by atoms with Crippen LogP contribution in [0, 0.1) is 11.3 Å². The highest BCUT2D eigenvalue weighted by Gasteiger charge is 2.68. The lowest BCUT2D eigenvalue weighted by molar-refractivity contribution is -0.380. The van der Waals surface area contributed by atoms with E-state index in [-0.39, 0.29) is 35.5 Å². The van der Waals surface area contributed by atoms with Crippen LogP contribution in [0.4, 0.5) is 5.82 Å². The highest BCUT2D eigenvalue weighted by molar-refractivity contribution is 7.48. The van der Waals surface area contributed by atoms with Crippen molar-refractivity contribution in [3.8, 4) is 0 Å². The van der Waals surface area contributed by atoms with E-state index in [1.54, 1.807) is 6.92 Å². The Kier molecular flexibility index (Phi) is 6.89. The van der Waals surface area contributed by atoms with Gasteiger partial charge in [0.2, 0.25) is 5.28 Å². The van der Waals surface area contributed by atoms with E-state index in [2.05, 4.69) is 15.0 Å². The third-order valence-electron chi connectivity index (χ3n) is 6.00. The minimum atomic E-state index is -4.41. The largest absolute Gasteiger partial charge is 0.479 e. The number of nitrogens with two attached hydrogens (primary N) is 1. The van der Waals surface area contributed by atoms with Crippen LogP contribution in [0.5, 0.6) is 0 Å². The summed E-state index contributed by atoms with van der Waals surface area (Å²) in [5, 5.41) is 43.4. The van der Waals surface area contributed by atoms with Crippen molar-refractivity contribution in [1.29, 1.82) is 0 Å². The van der Waals surface area contributed by atoms with Crippen molar-refractivity contribution in [2.24, 2.45) is 11.3 Å². The normalized spacial score (nSPS) is 29.2. The molecule has 1 saturated carbocycles. The molecular weight excluding hydrogens is 469 g/mol. The molecule has 0 aromatic carbocycles. The first-order chi connectivity index (χ1) is 14.8. The molecule has 15 heteroatoms. The van der Waals surface area contributed by atoms with E-state index >= 15 is 0 Å². The molecule has 180 valence electrons. The number of aliphatic hydroxyl groups is 4. The third-order valence-corrected chi connectivity index (χ3v) is 7.80. The minimum Gasteiger partial charge on any atom is -0.389 e. The van der Waals surface area contributed by atoms with Crippen molar-refractivity contribution >= 4 is 36.4 Å². The first kappa shape index (κ1) is 25.2. The van der Waals surface area contributed by atoms with Crippen LogP contribution >= 0.6 is 19.4 Å². The van der Waals surface area contributed by atoms with Crippen molar-refractivity contribution in [3.05, 3.63) is 11.6 Å². The number of fused-ring (bicyclic) bond motifs is 1. The van der Waals surface area contributed by atoms with Gasteiger partial charge >= 0.3 is 7.82 Å². The summed E-state index contributed by atoms with van der Waals surface area (Å²) in [5.41, 5.74) is 4.25. The number of phosphoric acid groups is 1. The number of hydrogen-bond acceptors (Lipinski definition) is 12. The molecule has 1 unspecified atom stereocenters. The summed E-state index contributed by atoms with van der Waals surface area (Å²) < 4.78 is 29.2. The van der Waals surface area contributed by atoms with Gasteiger partial charge in [-0.25, -0.2) is 14.1 Å². The SMILES string of the molecule is CCOP(=O)(OCC)OC(O)(O)[C@@]1(C)[C@H](C)C(n2cnc3c(N)nc(Cl)nc32)[C@H](O)[C@@H]1O. The maximum absolute atomic E-state index is 12.8. The number of phosphoric ester groups is 1. The topological polar surface area (TPSA) is 195 Å². The van der Waals surface area contributed by atoms with Gasteiger partial charge in [-0.05, 0) is 38.3 Å². The Morgan fingerprint density at radius 2 is 1.88 bits per heavy atom. The Balaban J connectivity index is 2.05. The van der Waals surface area contributed by atoms with E-state index in [0.717, 1.165) is 0 Å². The first-order valence-corrected chi connectivity index (χ1v) is 11.7. The summed E-state index contributed by atoms with van der Waals surface area (Å²) in [6.07, 6.45) is -1.97. The van der Waals surface area contributed by atoms with Crippen molar-refractivity contribution in [1.82, 2.24) is 19.5 Å². The van der Waals surface area contributed by atoms with Crippen LogP contribution in [0.25, 0.3) is 11.2 Å². The Hall–Kier alpha value is -1.41. The fraction of sp³-hybridized carbons (Fsp3) is 0.706. The van der Waals surface area contributed by atoms with Crippen molar-refractivity contribution in [2.45, 2.75) is 51.9 Å². The molecule has 0 saturated heterocycles. The molecule has 13 nitrogen and oxygen atoms in total. The lowest BCUT2D eigenvalue weighted by atomic mass is 9.76. The van der Waals surface area contributed by atoms with Crippen molar-refractivity contribution in [2.75, 3.05) is 18.9 Å². The lowest BCUT2D eigenvalue weighted by Crippen LogP contribution is -2.56. The summed E-state index contributed by atoms with van der Waals surface area (Å²) in [7, 11) is -4.41. The first-order valence-electron chi connectivity index (χ1n) is 9.89. The second kappa shape index (κ2) is 8.75. The maximum Gasteiger partial charge on any atom is 0.479 e. The fourth-order valence-corrected chi connectivity index (χ4v) is 5.64. The van der Waals surface area contributed by atoms with E-state index in [1.807, 2.05) is 0 Å². The van der Waals surface area contributed by atoms with Gasteiger partial charge in [0.25, 0.3) is 5.97 Å². The molecule has 1 aliphatic carbocycles. The number of aliphatic hydroxyl groups excluding tert-OH is 2. The molecule has 0 radical (unpaired) electrons. The molecule has 32 heavy (non-hydrogen) atoms. The van der Waals surface area contributed by atoms with Crippen molar-refractivity contribution in [3.63, 3.8) is 0 Å². The molecule has 1 fully saturated rings. The number of aromatic nitrogens is 4. The van der Waals surface area contributed by atoms with Crippen LogP contribution in [-0.2, 0) is 18.1 Å². The van der Waals surface area contributed by atoms with Crippen LogP contribution in [0.15, 0.2) is 6.33 Å². The van der Waals surface area contributed by atoms with Crippen LogP contribution in [0.1, 0.15) is 33.7 Å². The second-order valence-electron chi connectivity index (χ2n) is 7.68. The Labute approximate surface area is 188 Å². The summed E-state index contributed by atoms with van der Waals surface area (Å²) >= 11 is 5.91. The fourth-order valence-electron chi connectivity index (χ4n) is 4.15. The van der Waals surface area contributed by atoms with E-state index < -0.39 is 43.4 Å². The van der Waals surface area contributed by atoms with E-state index in [0.29, 0.717) is 0 Å². The van der Waals surface area contributed by atoms with Crippen molar-refractivity contribution < 1.29 is 38.6 Å². The zero-order valence-electron chi connectivity index (χ0n) is 17.9. The zero-order chi connectivity index (χ0) is 24.1. The van der Waals surface area contributed by atoms with Gasteiger partial charge in [-0.1, -0.05) is 6.92 Å². The Bertz CT molecular complexity index is 1030. The predicted octanol–water partition coefficient (Wildman–Crippen LogP) is 0.817. The standard InChI is InChI=1S/C17H27ClN5O8P/c1-5-29-32(28,30-6-2)31-17(26,27)16(4)8(3)10(11(24)12(16)25)23-7-20-9-13(19)21-15(18)22-14(9)23/h7-8,10-12,24-27H,5-6H2,1-4H3,(H2,19,21,22)/t8-,10?,11+,12+,16+/m1/s1. The number of nitrogens with zero attached hydrogens (tertiary/aromatic N) is 4. The molecule has 3 rings (SSSR count). The lowest BCUT2D eigenvalue weighted by Gasteiger charge is -2.43.